The number of carbonyl (C=O) groups is 2. The molecule has 3 aromatic carbocycles. The van der Waals surface area contributed by atoms with Crippen molar-refractivity contribution in [3.05, 3.63) is 90.0 Å². The zero-order chi connectivity index (χ0) is 19.1. The second-order valence-corrected chi connectivity index (χ2v) is 5.76. The van der Waals surface area contributed by atoms with Crippen LogP contribution in [0.5, 0.6) is 11.5 Å². The Morgan fingerprint density at radius 3 is 2.41 bits per heavy atom. The van der Waals surface area contributed by atoms with Crippen LogP contribution in [0.1, 0.15) is 20.7 Å². The first-order valence-corrected chi connectivity index (χ1v) is 8.43. The maximum absolute atomic E-state index is 12.5. The molecule has 136 valence electrons. The van der Waals surface area contributed by atoms with Gasteiger partial charge in [-0.25, -0.2) is 0 Å². The topological polar surface area (TPSA) is 64.6 Å². The number of amides is 1. The number of methoxy groups -OCH3 is 1. The molecule has 0 aromatic heterocycles. The van der Waals surface area contributed by atoms with Crippen LogP contribution in [0.15, 0.2) is 78.9 Å². The highest BCUT2D eigenvalue weighted by Crippen LogP contribution is 2.20. The summed E-state index contributed by atoms with van der Waals surface area (Å²) in [6.45, 7) is -0.178. The van der Waals surface area contributed by atoms with Crippen molar-refractivity contribution in [2.75, 3.05) is 19.0 Å². The summed E-state index contributed by atoms with van der Waals surface area (Å²) in [7, 11) is 1.54. The number of ketones is 1. The van der Waals surface area contributed by atoms with Gasteiger partial charge in [0.1, 0.15) is 11.5 Å². The van der Waals surface area contributed by atoms with Gasteiger partial charge in [0.15, 0.2) is 12.4 Å². The molecule has 0 aliphatic rings. The predicted octanol–water partition coefficient (Wildman–Crippen LogP) is 4.21. The first-order valence-electron chi connectivity index (χ1n) is 8.43. The monoisotopic (exact) mass is 361 g/mol. The molecular weight excluding hydrogens is 342 g/mol. The summed E-state index contributed by atoms with van der Waals surface area (Å²) >= 11 is 0. The van der Waals surface area contributed by atoms with Crippen LogP contribution in [0.4, 0.5) is 5.69 Å². The summed E-state index contributed by atoms with van der Waals surface area (Å²) in [5.41, 5.74) is 1.53. The van der Waals surface area contributed by atoms with Gasteiger partial charge in [-0.05, 0) is 36.4 Å². The average molecular weight is 361 g/mol. The molecule has 3 aromatic rings. The highest BCUT2D eigenvalue weighted by Gasteiger charge is 2.14. The van der Waals surface area contributed by atoms with Gasteiger partial charge < -0.3 is 14.8 Å². The van der Waals surface area contributed by atoms with Gasteiger partial charge in [-0.2, -0.15) is 0 Å². The first-order chi connectivity index (χ1) is 13.2. The molecule has 0 spiro atoms. The standard InChI is InChI=1S/C22H19NO4/c1-26-18-11-7-8-16(14-18)20(24)15-27-21-13-6-5-12-19(21)22(25)23-17-9-3-2-4-10-17/h2-14H,15H2,1H3,(H,23,25). The summed E-state index contributed by atoms with van der Waals surface area (Å²) in [5, 5.41) is 2.81. The van der Waals surface area contributed by atoms with Crippen molar-refractivity contribution >= 4 is 17.4 Å². The molecular formula is C22H19NO4. The number of carbonyl (C=O) groups excluding carboxylic acids is 2. The number of rotatable bonds is 7. The fourth-order valence-electron chi connectivity index (χ4n) is 2.52. The van der Waals surface area contributed by atoms with Crippen molar-refractivity contribution in [2.24, 2.45) is 0 Å². The summed E-state index contributed by atoms with van der Waals surface area (Å²) in [6, 6.07) is 22.8. The van der Waals surface area contributed by atoms with Gasteiger partial charge in [0.05, 0.1) is 12.7 Å². The number of nitrogens with one attached hydrogen (secondary N) is 1. The smallest absolute Gasteiger partial charge is 0.259 e. The quantitative estimate of drug-likeness (QED) is 0.640. The molecule has 3 rings (SSSR count). The molecule has 0 atom stereocenters. The SMILES string of the molecule is COc1cccc(C(=O)COc2ccccc2C(=O)Nc2ccccc2)c1. The molecule has 5 heteroatoms. The molecule has 0 aliphatic carbocycles. The van der Waals surface area contributed by atoms with Crippen LogP contribution in [-0.2, 0) is 0 Å². The minimum Gasteiger partial charge on any atom is -0.497 e. The summed E-state index contributed by atoms with van der Waals surface area (Å²) in [4.78, 5) is 24.9. The van der Waals surface area contributed by atoms with Crippen LogP contribution in [-0.4, -0.2) is 25.4 Å². The Hall–Kier alpha value is -3.60. The van der Waals surface area contributed by atoms with Crippen molar-refractivity contribution < 1.29 is 19.1 Å². The number of hydrogen-bond acceptors (Lipinski definition) is 4. The Kier molecular flexibility index (Phi) is 5.84. The maximum Gasteiger partial charge on any atom is 0.259 e. The van der Waals surface area contributed by atoms with E-state index in [0.29, 0.717) is 28.3 Å². The molecule has 0 radical (unpaired) electrons. The number of anilines is 1. The second-order valence-electron chi connectivity index (χ2n) is 5.76. The third kappa shape index (κ3) is 4.73. The van der Waals surface area contributed by atoms with Crippen molar-refractivity contribution in [2.45, 2.75) is 0 Å². The van der Waals surface area contributed by atoms with Crippen molar-refractivity contribution in [3.8, 4) is 11.5 Å². The minimum atomic E-state index is -0.300. The lowest BCUT2D eigenvalue weighted by molar-refractivity contribution is 0.0914. The lowest BCUT2D eigenvalue weighted by Gasteiger charge is -2.11. The molecule has 27 heavy (non-hydrogen) atoms. The van der Waals surface area contributed by atoms with Gasteiger partial charge in [0.2, 0.25) is 0 Å². The lowest BCUT2D eigenvalue weighted by atomic mass is 10.1. The fraction of sp³-hybridized carbons (Fsp3) is 0.0909. The molecule has 5 nitrogen and oxygen atoms in total. The van der Waals surface area contributed by atoms with Crippen LogP contribution in [0.25, 0.3) is 0 Å². The summed E-state index contributed by atoms with van der Waals surface area (Å²) in [5.74, 6) is 0.448. The molecule has 0 saturated carbocycles. The number of benzene rings is 3. The van der Waals surface area contributed by atoms with E-state index in [0.717, 1.165) is 0 Å². The van der Waals surface area contributed by atoms with E-state index in [1.54, 1.807) is 67.8 Å². The van der Waals surface area contributed by atoms with Crippen molar-refractivity contribution in [3.63, 3.8) is 0 Å². The normalized spacial score (nSPS) is 10.1. The van der Waals surface area contributed by atoms with E-state index >= 15 is 0 Å². The van der Waals surface area contributed by atoms with Crippen LogP contribution in [0.3, 0.4) is 0 Å². The number of hydrogen-bond donors (Lipinski definition) is 1. The summed E-state index contributed by atoms with van der Waals surface area (Å²) in [6.07, 6.45) is 0. The van der Waals surface area contributed by atoms with E-state index in [-0.39, 0.29) is 18.3 Å². The van der Waals surface area contributed by atoms with Crippen LogP contribution in [0, 0.1) is 0 Å². The lowest BCUT2D eigenvalue weighted by Crippen LogP contribution is -2.16. The van der Waals surface area contributed by atoms with Gasteiger partial charge >= 0.3 is 0 Å². The molecule has 1 amide bonds. The number of para-hydroxylation sites is 2. The third-order valence-electron chi connectivity index (χ3n) is 3.91. The Balaban J connectivity index is 1.70. The maximum atomic E-state index is 12.5. The highest BCUT2D eigenvalue weighted by atomic mass is 16.5. The Morgan fingerprint density at radius 1 is 0.889 bits per heavy atom. The Bertz CT molecular complexity index is 938. The highest BCUT2D eigenvalue weighted by molar-refractivity contribution is 6.06. The van der Waals surface area contributed by atoms with Gasteiger partial charge in [-0.15, -0.1) is 0 Å². The van der Waals surface area contributed by atoms with Crippen LogP contribution >= 0.6 is 0 Å². The third-order valence-corrected chi connectivity index (χ3v) is 3.91. The zero-order valence-electron chi connectivity index (χ0n) is 14.8. The van der Waals surface area contributed by atoms with E-state index in [1.165, 1.54) is 0 Å². The van der Waals surface area contributed by atoms with E-state index < -0.39 is 0 Å². The van der Waals surface area contributed by atoms with Gasteiger partial charge in [-0.1, -0.05) is 42.5 Å². The molecule has 0 saturated heterocycles. The van der Waals surface area contributed by atoms with E-state index in [4.69, 9.17) is 9.47 Å². The van der Waals surface area contributed by atoms with E-state index in [1.807, 2.05) is 18.2 Å². The fourth-order valence-corrected chi connectivity index (χ4v) is 2.52. The zero-order valence-corrected chi connectivity index (χ0v) is 14.8. The van der Waals surface area contributed by atoms with Crippen molar-refractivity contribution in [1.82, 2.24) is 0 Å². The van der Waals surface area contributed by atoms with Crippen LogP contribution in [0.2, 0.25) is 0 Å². The molecule has 0 aliphatic heterocycles. The first kappa shape index (κ1) is 18.2. The van der Waals surface area contributed by atoms with Gasteiger partial charge in [-0.3, -0.25) is 9.59 Å². The van der Waals surface area contributed by atoms with E-state index in [2.05, 4.69) is 5.32 Å². The molecule has 1 N–H and O–H groups in total. The molecule has 0 unspecified atom stereocenters. The predicted molar refractivity (Wildman–Crippen MR) is 104 cm³/mol. The Morgan fingerprint density at radius 2 is 1.63 bits per heavy atom. The molecule has 0 heterocycles. The second kappa shape index (κ2) is 8.67. The van der Waals surface area contributed by atoms with Gasteiger partial charge in [0.25, 0.3) is 5.91 Å². The largest absolute Gasteiger partial charge is 0.497 e. The summed E-state index contributed by atoms with van der Waals surface area (Å²) < 4.78 is 10.8. The Labute approximate surface area is 157 Å². The van der Waals surface area contributed by atoms with Gasteiger partial charge in [0, 0.05) is 11.3 Å². The van der Waals surface area contributed by atoms with Crippen LogP contribution < -0.4 is 14.8 Å². The van der Waals surface area contributed by atoms with Crippen molar-refractivity contribution in [1.29, 1.82) is 0 Å². The molecule has 0 bridgehead atoms. The average Bonchev–Trinajstić information content (AvgIpc) is 2.73. The number of Topliss-reactive ketones (excluding diaryl/α,β-unsaturated/α-hetero) is 1. The minimum absolute atomic E-state index is 0.178. The van der Waals surface area contributed by atoms with E-state index in [9.17, 15) is 9.59 Å². The molecule has 0 fully saturated rings. The number of ether oxygens (including phenoxy) is 2.